The van der Waals surface area contributed by atoms with E-state index in [9.17, 15) is 0 Å². The van der Waals surface area contributed by atoms with Crippen LogP contribution in [0, 0.1) is 0 Å². The van der Waals surface area contributed by atoms with Crippen LogP contribution in [0.2, 0.25) is 0 Å². The molecule has 5 heteroatoms. The van der Waals surface area contributed by atoms with Gasteiger partial charge in [-0.3, -0.25) is 4.90 Å². The van der Waals surface area contributed by atoms with Crippen molar-refractivity contribution in [2.24, 2.45) is 0 Å². The number of benzene rings is 3. The predicted octanol–water partition coefficient (Wildman–Crippen LogP) is 6.22. The van der Waals surface area contributed by atoms with E-state index in [1.807, 2.05) is 11.8 Å². The number of hydrogen-bond acceptors (Lipinski definition) is 3. The minimum Gasteiger partial charge on any atom is -0.338 e. The highest BCUT2D eigenvalue weighted by atomic mass is 35.5. The molecule has 0 atom stereocenters. The van der Waals surface area contributed by atoms with Crippen molar-refractivity contribution in [1.82, 2.24) is 4.90 Å². The van der Waals surface area contributed by atoms with Gasteiger partial charge < -0.3 is 4.90 Å². The number of nitrogens with zero attached hydrogens (tertiary/aromatic N) is 2. The van der Waals surface area contributed by atoms with E-state index in [2.05, 4.69) is 70.5 Å². The second-order valence-corrected chi connectivity index (χ2v) is 8.38. The predicted molar refractivity (Wildman–Crippen MR) is 119 cm³/mol. The van der Waals surface area contributed by atoms with Gasteiger partial charge in [-0.25, -0.2) is 0 Å². The third kappa shape index (κ3) is 3.93. The van der Waals surface area contributed by atoms with Crippen LogP contribution in [0.5, 0.6) is 0 Å². The van der Waals surface area contributed by atoms with E-state index < -0.39 is 0 Å². The van der Waals surface area contributed by atoms with Crippen LogP contribution in [0.1, 0.15) is 0 Å². The Morgan fingerprint density at radius 3 is 2.33 bits per heavy atom. The summed E-state index contributed by atoms with van der Waals surface area (Å²) in [6.45, 7) is 3.58. The number of anilines is 2. The number of halogens is 2. The van der Waals surface area contributed by atoms with Crippen molar-refractivity contribution in [1.29, 1.82) is 0 Å². The molecule has 1 aliphatic heterocycles. The molecule has 0 bridgehead atoms. The fraction of sp³-hybridized carbons (Fsp3) is 0.273. The highest BCUT2D eigenvalue weighted by Crippen LogP contribution is 2.50. The zero-order chi connectivity index (χ0) is 18.6. The van der Waals surface area contributed by atoms with Crippen LogP contribution >= 0.6 is 35.0 Å². The molecule has 0 saturated carbocycles. The van der Waals surface area contributed by atoms with E-state index in [-0.39, 0.29) is 0 Å². The SMILES string of the molecule is ClCCN(CCCl)CCN1c2ccccc2Sc2c1ccc1ccccc21. The van der Waals surface area contributed by atoms with Gasteiger partial charge in [-0.2, -0.15) is 0 Å². The fourth-order valence-corrected chi connectivity index (χ4v) is 5.32. The van der Waals surface area contributed by atoms with E-state index >= 15 is 0 Å². The first-order chi connectivity index (χ1) is 13.3. The Labute approximate surface area is 175 Å². The summed E-state index contributed by atoms with van der Waals surface area (Å²) in [4.78, 5) is 7.43. The van der Waals surface area contributed by atoms with Gasteiger partial charge in [-0.1, -0.05) is 54.2 Å². The standard InChI is InChI=1S/C22H22Cl2N2S/c23-11-13-25(14-12-24)15-16-26-19-7-3-4-8-21(19)27-22-18-6-2-1-5-17(18)9-10-20(22)26/h1-10H,11-16H2. The van der Waals surface area contributed by atoms with E-state index in [1.165, 1.54) is 31.9 Å². The van der Waals surface area contributed by atoms with Gasteiger partial charge in [-0.15, -0.1) is 23.2 Å². The summed E-state index contributed by atoms with van der Waals surface area (Å²) in [5.74, 6) is 1.26. The summed E-state index contributed by atoms with van der Waals surface area (Å²) in [6.07, 6.45) is 0. The molecule has 2 nitrogen and oxygen atoms in total. The molecule has 0 unspecified atom stereocenters. The smallest absolute Gasteiger partial charge is 0.0559 e. The van der Waals surface area contributed by atoms with Crippen LogP contribution in [0.4, 0.5) is 11.4 Å². The van der Waals surface area contributed by atoms with Crippen molar-refractivity contribution >= 4 is 57.1 Å². The Balaban J connectivity index is 1.72. The van der Waals surface area contributed by atoms with Crippen LogP contribution in [-0.2, 0) is 0 Å². The lowest BCUT2D eigenvalue weighted by molar-refractivity contribution is 0.315. The molecule has 4 rings (SSSR count). The lowest BCUT2D eigenvalue weighted by atomic mass is 10.1. The van der Waals surface area contributed by atoms with Crippen LogP contribution in [-0.4, -0.2) is 42.8 Å². The maximum absolute atomic E-state index is 5.98. The summed E-state index contributed by atoms with van der Waals surface area (Å²) in [5, 5.41) is 2.60. The lowest BCUT2D eigenvalue weighted by Gasteiger charge is -2.35. The van der Waals surface area contributed by atoms with Crippen molar-refractivity contribution in [3.63, 3.8) is 0 Å². The molecule has 0 N–H and O–H groups in total. The monoisotopic (exact) mass is 416 g/mol. The summed E-state index contributed by atoms with van der Waals surface area (Å²) >= 11 is 13.8. The molecule has 0 saturated heterocycles. The third-order valence-corrected chi connectivity index (χ3v) is 6.50. The van der Waals surface area contributed by atoms with Crippen molar-refractivity contribution in [3.8, 4) is 0 Å². The molecule has 0 aliphatic carbocycles. The second kappa shape index (κ2) is 8.74. The van der Waals surface area contributed by atoms with Gasteiger partial charge in [0.25, 0.3) is 0 Å². The highest BCUT2D eigenvalue weighted by molar-refractivity contribution is 8.00. The van der Waals surface area contributed by atoms with Gasteiger partial charge >= 0.3 is 0 Å². The van der Waals surface area contributed by atoms with Gasteiger partial charge in [0.2, 0.25) is 0 Å². The molecule has 3 aromatic rings. The number of hydrogen-bond donors (Lipinski definition) is 0. The van der Waals surface area contributed by atoms with E-state index in [0.29, 0.717) is 11.8 Å². The minimum absolute atomic E-state index is 0.630. The molecular weight excluding hydrogens is 395 g/mol. The molecule has 1 heterocycles. The minimum atomic E-state index is 0.630. The maximum atomic E-state index is 5.98. The Bertz CT molecular complexity index is 925. The van der Waals surface area contributed by atoms with Crippen molar-refractivity contribution in [3.05, 3.63) is 60.7 Å². The number of rotatable bonds is 7. The van der Waals surface area contributed by atoms with E-state index in [4.69, 9.17) is 23.2 Å². The highest BCUT2D eigenvalue weighted by Gasteiger charge is 2.24. The van der Waals surface area contributed by atoms with Crippen LogP contribution in [0.25, 0.3) is 10.8 Å². The number of para-hydroxylation sites is 1. The maximum Gasteiger partial charge on any atom is 0.0559 e. The molecular formula is C22H22Cl2N2S. The van der Waals surface area contributed by atoms with Gasteiger partial charge in [0.05, 0.1) is 11.4 Å². The van der Waals surface area contributed by atoms with Crippen LogP contribution in [0.3, 0.4) is 0 Å². The van der Waals surface area contributed by atoms with Gasteiger partial charge in [0.15, 0.2) is 0 Å². The molecule has 140 valence electrons. The first kappa shape index (κ1) is 18.9. The second-order valence-electron chi connectivity index (χ2n) is 6.58. The average molecular weight is 417 g/mol. The molecule has 3 aromatic carbocycles. The zero-order valence-electron chi connectivity index (χ0n) is 15.1. The molecule has 27 heavy (non-hydrogen) atoms. The first-order valence-corrected chi connectivity index (χ1v) is 11.1. The normalized spacial score (nSPS) is 13.1. The van der Waals surface area contributed by atoms with Crippen molar-refractivity contribution < 1.29 is 0 Å². The molecule has 0 amide bonds. The van der Waals surface area contributed by atoms with Crippen LogP contribution < -0.4 is 4.90 Å². The van der Waals surface area contributed by atoms with Crippen molar-refractivity contribution in [2.45, 2.75) is 9.79 Å². The van der Waals surface area contributed by atoms with E-state index in [1.54, 1.807) is 0 Å². The Hall–Kier alpha value is -1.39. The Morgan fingerprint density at radius 1 is 0.778 bits per heavy atom. The third-order valence-electron chi connectivity index (χ3n) is 4.96. The van der Waals surface area contributed by atoms with Gasteiger partial charge in [0.1, 0.15) is 0 Å². The molecule has 0 spiro atoms. The summed E-state index contributed by atoms with van der Waals surface area (Å²) < 4.78 is 0. The molecule has 1 aliphatic rings. The average Bonchev–Trinajstić information content (AvgIpc) is 2.71. The molecule has 0 radical (unpaired) electrons. The van der Waals surface area contributed by atoms with Gasteiger partial charge in [0, 0.05) is 47.7 Å². The van der Waals surface area contributed by atoms with Crippen LogP contribution in [0.15, 0.2) is 70.5 Å². The Kier molecular flexibility index (Phi) is 6.14. The molecule has 0 fully saturated rings. The summed E-state index contributed by atoms with van der Waals surface area (Å²) in [6, 6.07) is 21.8. The Morgan fingerprint density at radius 2 is 1.52 bits per heavy atom. The fourth-order valence-electron chi connectivity index (χ4n) is 3.61. The first-order valence-electron chi connectivity index (χ1n) is 9.22. The van der Waals surface area contributed by atoms with E-state index in [0.717, 1.165) is 26.2 Å². The quantitative estimate of drug-likeness (QED) is 0.421. The summed E-state index contributed by atoms with van der Waals surface area (Å²) in [5.41, 5.74) is 2.57. The lowest BCUT2D eigenvalue weighted by Crippen LogP contribution is -2.36. The zero-order valence-corrected chi connectivity index (χ0v) is 17.4. The number of alkyl halides is 2. The molecule has 0 aromatic heterocycles. The van der Waals surface area contributed by atoms with Gasteiger partial charge in [-0.05, 0) is 29.0 Å². The topological polar surface area (TPSA) is 6.48 Å². The largest absolute Gasteiger partial charge is 0.338 e. The number of fused-ring (bicyclic) bond motifs is 4. The van der Waals surface area contributed by atoms with Crippen molar-refractivity contribution in [2.75, 3.05) is 42.8 Å². The summed E-state index contributed by atoms with van der Waals surface area (Å²) in [7, 11) is 0.